The van der Waals surface area contributed by atoms with Gasteiger partial charge in [0.15, 0.2) is 11.0 Å². The van der Waals surface area contributed by atoms with Crippen molar-refractivity contribution in [1.82, 2.24) is 20.1 Å². The average molecular weight is 403 g/mol. The van der Waals surface area contributed by atoms with Gasteiger partial charge in [0.25, 0.3) is 0 Å². The molecule has 0 saturated heterocycles. The van der Waals surface area contributed by atoms with Gasteiger partial charge in [0.2, 0.25) is 5.91 Å². The number of hydrogen-bond donors (Lipinski definition) is 1. The maximum atomic E-state index is 12.2. The lowest BCUT2D eigenvalue weighted by molar-refractivity contribution is -0.119. The lowest BCUT2D eigenvalue weighted by Crippen LogP contribution is -2.28. The van der Waals surface area contributed by atoms with Crippen molar-refractivity contribution >= 4 is 29.3 Å². The molecule has 3 rings (SSSR count). The zero-order valence-electron chi connectivity index (χ0n) is 14.8. The van der Waals surface area contributed by atoms with E-state index in [2.05, 4.69) is 22.1 Å². The summed E-state index contributed by atoms with van der Waals surface area (Å²) in [6.45, 7) is 6.21. The molecule has 0 bridgehead atoms. The van der Waals surface area contributed by atoms with E-state index in [0.717, 1.165) is 5.56 Å². The fraction of sp³-hybridized carbons (Fsp3) is 0.211. The molecule has 1 aromatic carbocycles. The molecule has 3 aromatic rings. The highest BCUT2D eigenvalue weighted by Crippen LogP contribution is 2.25. The first kappa shape index (κ1) is 19.3. The number of carbonyl (C=O) groups is 1. The van der Waals surface area contributed by atoms with E-state index in [1.165, 1.54) is 11.8 Å². The van der Waals surface area contributed by atoms with Gasteiger partial charge >= 0.3 is 0 Å². The zero-order chi connectivity index (χ0) is 19.2. The third-order valence-electron chi connectivity index (χ3n) is 3.81. The average Bonchev–Trinajstić information content (AvgIpc) is 3.31. The number of nitrogens with zero attached hydrogens (tertiary/aromatic N) is 3. The Hall–Kier alpha value is -2.51. The summed E-state index contributed by atoms with van der Waals surface area (Å²) in [4.78, 5) is 12.2. The van der Waals surface area contributed by atoms with Crippen LogP contribution < -0.4 is 5.32 Å². The van der Waals surface area contributed by atoms with E-state index in [1.54, 1.807) is 30.5 Å². The van der Waals surface area contributed by atoms with Gasteiger partial charge in [0.1, 0.15) is 5.76 Å². The summed E-state index contributed by atoms with van der Waals surface area (Å²) in [6.07, 6.45) is 3.36. The van der Waals surface area contributed by atoms with Crippen LogP contribution in [0.5, 0.6) is 0 Å². The van der Waals surface area contributed by atoms with Gasteiger partial charge in [-0.05, 0) is 43.3 Å². The van der Waals surface area contributed by atoms with Crippen LogP contribution in [0, 0.1) is 0 Å². The first-order valence-electron chi connectivity index (χ1n) is 8.34. The van der Waals surface area contributed by atoms with Crippen LogP contribution in [0.3, 0.4) is 0 Å². The SMILES string of the molecule is C=CCn1c(SCC(=O)N[C@@H](C)c2ccco2)nnc1-c1ccc(Cl)cc1. The molecule has 0 radical (unpaired) electrons. The molecular weight excluding hydrogens is 384 g/mol. The van der Waals surface area contributed by atoms with Crippen molar-refractivity contribution in [2.75, 3.05) is 5.75 Å². The molecular formula is C19H19ClN4O2S. The summed E-state index contributed by atoms with van der Waals surface area (Å²) in [5, 5.41) is 12.7. The van der Waals surface area contributed by atoms with Crippen molar-refractivity contribution in [2.24, 2.45) is 0 Å². The number of nitrogens with one attached hydrogen (secondary N) is 1. The van der Waals surface area contributed by atoms with Gasteiger partial charge in [-0.2, -0.15) is 0 Å². The van der Waals surface area contributed by atoms with Crippen LogP contribution in [0.2, 0.25) is 5.02 Å². The first-order valence-corrected chi connectivity index (χ1v) is 9.70. The van der Waals surface area contributed by atoms with Crippen molar-refractivity contribution in [2.45, 2.75) is 24.7 Å². The van der Waals surface area contributed by atoms with Crippen molar-refractivity contribution in [3.8, 4) is 11.4 Å². The Balaban J connectivity index is 1.68. The van der Waals surface area contributed by atoms with Crippen molar-refractivity contribution < 1.29 is 9.21 Å². The van der Waals surface area contributed by atoms with Gasteiger partial charge in [0, 0.05) is 17.1 Å². The van der Waals surface area contributed by atoms with Gasteiger partial charge in [-0.3, -0.25) is 9.36 Å². The molecule has 6 nitrogen and oxygen atoms in total. The number of hydrogen-bond acceptors (Lipinski definition) is 5. The molecule has 0 aliphatic heterocycles. The number of thioether (sulfide) groups is 1. The number of carbonyl (C=O) groups excluding carboxylic acids is 1. The highest BCUT2D eigenvalue weighted by molar-refractivity contribution is 7.99. The quantitative estimate of drug-likeness (QED) is 0.448. The van der Waals surface area contributed by atoms with Gasteiger partial charge in [-0.1, -0.05) is 29.4 Å². The van der Waals surface area contributed by atoms with Crippen LogP contribution in [0.4, 0.5) is 0 Å². The Labute approximate surface area is 166 Å². The fourth-order valence-corrected chi connectivity index (χ4v) is 3.41. The minimum atomic E-state index is -0.191. The highest BCUT2D eigenvalue weighted by Gasteiger charge is 2.16. The summed E-state index contributed by atoms with van der Waals surface area (Å²) >= 11 is 7.28. The van der Waals surface area contributed by atoms with Crippen LogP contribution in [0.1, 0.15) is 18.7 Å². The van der Waals surface area contributed by atoms with Crippen LogP contribution in [0.25, 0.3) is 11.4 Å². The van der Waals surface area contributed by atoms with E-state index < -0.39 is 0 Å². The summed E-state index contributed by atoms with van der Waals surface area (Å²) < 4.78 is 7.22. The summed E-state index contributed by atoms with van der Waals surface area (Å²) in [7, 11) is 0. The third kappa shape index (κ3) is 4.81. The second-order valence-electron chi connectivity index (χ2n) is 5.81. The maximum absolute atomic E-state index is 12.2. The monoisotopic (exact) mass is 402 g/mol. The first-order chi connectivity index (χ1) is 13.1. The minimum absolute atomic E-state index is 0.106. The number of halogens is 1. The number of furan rings is 1. The van der Waals surface area contributed by atoms with E-state index in [9.17, 15) is 4.79 Å². The van der Waals surface area contributed by atoms with Crippen LogP contribution in [0.15, 0.2) is 64.9 Å². The molecule has 0 unspecified atom stereocenters. The Morgan fingerprint density at radius 2 is 2.15 bits per heavy atom. The molecule has 140 valence electrons. The van der Waals surface area contributed by atoms with Crippen LogP contribution >= 0.6 is 23.4 Å². The lowest BCUT2D eigenvalue weighted by atomic mass is 10.2. The molecule has 2 aromatic heterocycles. The van der Waals surface area contributed by atoms with Gasteiger partial charge in [-0.15, -0.1) is 16.8 Å². The second-order valence-corrected chi connectivity index (χ2v) is 7.18. The van der Waals surface area contributed by atoms with E-state index in [1.807, 2.05) is 29.7 Å². The molecule has 1 amide bonds. The molecule has 0 saturated carbocycles. The Bertz CT molecular complexity index is 906. The van der Waals surface area contributed by atoms with Crippen LogP contribution in [-0.2, 0) is 11.3 Å². The predicted octanol–water partition coefficient (Wildman–Crippen LogP) is 4.35. The lowest BCUT2D eigenvalue weighted by Gasteiger charge is -2.11. The van der Waals surface area contributed by atoms with E-state index in [0.29, 0.717) is 28.3 Å². The van der Waals surface area contributed by atoms with Gasteiger partial charge in [0.05, 0.1) is 18.1 Å². The maximum Gasteiger partial charge on any atom is 0.231 e. The number of amides is 1. The Morgan fingerprint density at radius 1 is 1.37 bits per heavy atom. The molecule has 8 heteroatoms. The molecule has 1 N–H and O–H groups in total. The van der Waals surface area contributed by atoms with Crippen molar-refractivity contribution in [3.63, 3.8) is 0 Å². The number of allylic oxidation sites excluding steroid dienone is 1. The van der Waals surface area contributed by atoms with Gasteiger partial charge < -0.3 is 9.73 Å². The molecule has 27 heavy (non-hydrogen) atoms. The summed E-state index contributed by atoms with van der Waals surface area (Å²) in [5.74, 6) is 1.54. The van der Waals surface area contributed by atoms with Gasteiger partial charge in [-0.25, -0.2) is 0 Å². The van der Waals surface area contributed by atoms with E-state index >= 15 is 0 Å². The summed E-state index contributed by atoms with van der Waals surface area (Å²) in [6, 6.07) is 10.8. The van der Waals surface area contributed by atoms with Crippen molar-refractivity contribution in [3.05, 3.63) is 66.1 Å². The topological polar surface area (TPSA) is 73.0 Å². The number of aromatic nitrogens is 3. The van der Waals surface area contributed by atoms with Crippen molar-refractivity contribution in [1.29, 1.82) is 0 Å². The highest BCUT2D eigenvalue weighted by atomic mass is 35.5. The van der Waals surface area contributed by atoms with E-state index in [4.69, 9.17) is 16.0 Å². The number of benzene rings is 1. The zero-order valence-corrected chi connectivity index (χ0v) is 16.3. The normalized spacial score (nSPS) is 11.9. The largest absolute Gasteiger partial charge is 0.467 e. The standard InChI is InChI=1S/C19H19ClN4O2S/c1-3-10-24-18(14-6-8-15(20)9-7-14)22-23-19(24)27-12-17(25)21-13(2)16-5-4-11-26-16/h3-9,11,13H,1,10,12H2,2H3,(H,21,25)/t13-/m0/s1. The fourth-order valence-electron chi connectivity index (χ4n) is 2.52. The third-order valence-corrected chi connectivity index (χ3v) is 5.03. The molecule has 0 aliphatic carbocycles. The predicted molar refractivity (Wildman–Crippen MR) is 107 cm³/mol. The van der Waals surface area contributed by atoms with Crippen LogP contribution in [-0.4, -0.2) is 26.4 Å². The molecule has 0 fully saturated rings. The molecule has 2 heterocycles. The number of rotatable bonds is 8. The minimum Gasteiger partial charge on any atom is -0.467 e. The Morgan fingerprint density at radius 3 is 2.81 bits per heavy atom. The smallest absolute Gasteiger partial charge is 0.231 e. The molecule has 1 atom stereocenters. The molecule has 0 spiro atoms. The second kappa shape index (κ2) is 8.92. The molecule has 0 aliphatic rings. The summed E-state index contributed by atoms with van der Waals surface area (Å²) in [5.41, 5.74) is 0.900. The Kier molecular flexibility index (Phi) is 6.36. The van der Waals surface area contributed by atoms with E-state index in [-0.39, 0.29) is 17.7 Å².